The van der Waals surface area contributed by atoms with Crippen LogP contribution in [0.4, 0.5) is 0 Å². The van der Waals surface area contributed by atoms with Gasteiger partial charge in [0.1, 0.15) is 0 Å². The van der Waals surface area contributed by atoms with Crippen molar-refractivity contribution in [2.75, 3.05) is 19.8 Å². The third kappa shape index (κ3) is 4.36. The molecule has 0 saturated carbocycles. The molecule has 0 aliphatic heterocycles. The van der Waals surface area contributed by atoms with Gasteiger partial charge >= 0.3 is 0 Å². The summed E-state index contributed by atoms with van der Waals surface area (Å²) in [6.45, 7) is 3.68. The van der Waals surface area contributed by atoms with E-state index in [0.29, 0.717) is 25.3 Å². The molecule has 0 radical (unpaired) electrons. The zero-order valence-electron chi connectivity index (χ0n) is 8.69. The minimum atomic E-state index is -0.0805. The zero-order chi connectivity index (χ0) is 11.1. The van der Waals surface area contributed by atoms with E-state index in [4.69, 9.17) is 4.74 Å². The van der Waals surface area contributed by atoms with Crippen molar-refractivity contribution in [2.24, 2.45) is 0 Å². The van der Waals surface area contributed by atoms with Gasteiger partial charge in [-0.3, -0.25) is 4.79 Å². The molecule has 0 fully saturated rings. The predicted molar refractivity (Wildman–Crippen MR) is 62.5 cm³/mol. The van der Waals surface area contributed by atoms with Gasteiger partial charge in [0.2, 0.25) is 0 Å². The van der Waals surface area contributed by atoms with Gasteiger partial charge in [0.25, 0.3) is 5.91 Å². The quantitative estimate of drug-likeness (QED) is 0.592. The SMILES string of the molecule is CCOCCNC(=O)c1ccc(S)cc1. The molecule has 0 spiro atoms. The second-order valence-electron chi connectivity index (χ2n) is 3.00. The molecule has 0 unspecified atom stereocenters. The van der Waals surface area contributed by atoms with Crippen LogP contribution in [-0.2, 0) is 4.74 Å². The van der Waals surface area contributed by atoms with Crippen molar-refractivity contribution in [3.63, 3.8) is 0 Å². The van der Waals surface area contributed by atoms with Crippen molar-refractivity contribution in [2.45, 2.75) is 11.8 Å². The van der Waals surface area contributed by atoms with Gasteiger partial charge < -0.3 is 10.1 Å². The molecule has 1 aromatic carbocycles. The van der Waals surface area contributed by atoms with Gasteiger partial charge in [0, 0.05) is 23.6 Å². The minimum absolute atomic E-state index is 0.0805. The van der Waals surface area contributed by atoms with Gasteiger partial charge in [-0.25, -0.2) is 0 Å². The summed E-state index contributed by atoms with van der Waals surface area (Å²) >= 11 is 4.15. The number of thiol groups is 1. The number of nitrogens with one attached hydrogen (secondary N) is 1. The highest BCUT2D eigenvalue weighted by Gasteiger charge is 2.03. The lowest BCUT2D eigenvalue weighted by molar-refractivity contribution is 0.0922. The number of hydrogen-bond acceptors (Lipinski definition) is 3. The maximum absolute atomic E-state index is 11.5. The van der Waals surface area contributed by atoms with Crippen LogP contribution < -0.4 is 5.32 Å². The smallest absolute Gasteiger partial charge is 0.251 e. The van der Waals surface area contributed by atoms with E-state index in [1.165, 1.54) is 0 Å². The summed E-state index contributed by atoms with van der Waals surface area (Å²) < 4.78 is 5.11. The maximum atomic E-state index is 11.5. The van der Waals surface area contributed by atoms with Crippen LogP contribution >= 0.6 is 12.6 Å². The van der Waals surface area contributed by atoms with Crippen LogP contribution in [0.2, 0.25) is 0 Å². The summed E-state index contributed by atoms with van der Waals surface area (Å²) in [6, 6.07) is 7.08. The highest BCUT2D eigenvalue weighted by molar-refractivity contribution is 7.80. The molecule has 15 heavy (non-hydrogen) atoms. The largest absolute Gasteiger partial charge is 0.380 e. The number of rotatable bonds is 5. The van der Waals surface area contributed by atoms with Gasteiger partial charge in [-0.2, -0.15) is 0 Å². The van der Waals surface area contributed by atoms with E-state index in [2.05, 4.69) is 17.9 Å². The van der Waals surface area contributed by atoms with E-state index in [1.807, 2.05) is 6.92 Å². The van der Waals surface area contributed by atoms with Gasteiger partial charge in [-0.15, -0.1) is 12.6 Å². The molecule has 4 heteroatoms. The molecule has 0 aliphatic rings. The fourth-order valence-electron chi connectivity index (χ4n) is 1.10. The molecule has 1 amide bonds. The van der Waals surface area contributed by atoms with Crippen LogP contribution in [0.1, 0.15) is 17.3 Å². The van der Waals surface area contributed by atoms with Crippen molar-refractivity contribution < 1.29 is 9.53 Å². The lowest BCUT2D eigenvalue weighted by atomic mass is 10.2. The van der Waals surface area contributed by atoms with E-state index < -0.39 is 0 Å². The summed E-state index contributed by atoms with van der Waals surface area (Å²) in [5.74, 6) is -0.0805. The van der Waals surface area contributed by atoms with Crippen LogP contribution in [0, 0.1) is 0 Å². The molecule has 0 aliphatic carbocycles. The Balaban J connectivity index is 2.37. The third-order valence-corrected chi connectivity index (χ3v) is 2.16. The minimum Gasteiger partial charge on any atom is -0.380 e. The summed E-state index contributed by atoms with van der Waals surface area (Å²) in [4.78, 5) is 12.4. The molecule has 1 aromatic rings. The Hall–Kier alpha value is -1.00. The molecule has 0 saturated heterocycles. The summed E-state index contributed by atoms with van der Waals surface area (Å²) in [5.41, 5.74) is 0.643. The molecule has 82 valence electrons. The Morgan fingerprint density at radius 3 is 2.67 bits per heavy atom. The first-order valence-electron chi connectivity index (χ1n) is 4.89. The first-order valence-corrected chi connectivity index (χ1v) is 5.33. The number of hydrogen-bond donors (Lipinski definition) is 2. The van der Waals surface area contributed by atoms with E-state index in [9.17, 15) is 4.79 Å². The molecule has 0 heterocycles. The van der Waals surface area contributed by atoms with Crippen molar-refractivity contribution in [3.8, 4) is 0 Å². The fourth-order valence-corrected chi connectivity index (χ4v) is 1.25. The number of carbonyl (C=O) groups excluding carboxylic acids is 1. The molecule has 0 atom stereocenters. The van der Waals surface area contributed by atoms with Gasteiger partial charge in [0.15, 0.2) is 0 Å². The molecule has 1 N–H and O–H groups in total. The maximum Gasteiger partial charge on any atom is 0.251 e. The first kappa shape index (κ1) is 12.1. The molecular weight excluding hydrogens is 210 g/mol. The lowest BCUT2D eigenvalue weighted by Gasteiger charge is -2.05. The highest BCUT2D eigenvalue weighted by Crippen LogP contribution is 2.07. The predicted octanol–water partition coefficient (Wildman–Crippen LogP) is 1.74. The second kappa shape index (κ2) is 6.48. The average Bonchev–Trinajstić information content (AvgIpc) is 2.25. The Morgan fingerprint density at radius 2 is 2.07 bits per heavy atom. The van der Waals surface area contributed by atoms with E-state index in [1.54, 1.807) is 24.3 Å². The van der Waals surface area contributed by atoms with E-state index in [0.717, 1.165) is 4.90 Å². The van der Waals surface area contributed by atoms with Crippen LogP contribution in [0.3, 0.4) is 0 Å². The Morgan fingerprint density at radius 1 is 1.40 bits per heavy atom. The van der Waals surface area contributed by atoms with Crippen LogP contribution in [0.25, 0.3) is 0 Å². The Kier molecular flexibility index (Phi) is 5.21. The number of ether oxygens (including phenoxy) is 1. The van der Waals surface area contributed by atoms with Crippen LogP contribution in [0.15, 0.2) is 29.2 Å². The van der Waals surface area contributed by atoms with E-state index >= 15 is 0 Å². The standard InChI is InChI=1S/C11H15NO2S/c1-2-14-8-7-12-11(13)9-3-5-10(15)6-4-9/h3-6,15H,2,7-8H2,1H3,(H,12,13). The molecular formula is C11H15NO2S. The molecule has 0 aromatic heterocycles. The topological polar surface area (TPSA) is 38.3 Å². The number of carbonyl (C=O) groups is 1. The number of benzene rings is 1. The van der Waals surface area contributed by atoms with Crippen molar-refractivity contribution in [1.82, 2.24) is 5.32 Å². The average molecular weight is 225 g/mol. The van der Waals surface area contributed by atoms with Gasteiger partial charge in [-0.1, -0.05) is 0 Å². The van der Waals surface area contributed by atoms with Crippen molar-refractivity contribution >= 4 is 18.5 Å². The van der Waals surface area contributed by atoms with E-state index in [-0.39, 0.29) is 5.91 Å². The molecule has 3 nitrogen and oxygen atoms in total. The number of amides is 1. The Labute approximate surface area is 95.2 Å². The second-order valence-corrected chi connectivity index (χ2v) is 3.52. The zero-order valence-corrected chi connectivity index (χ0v) is 9.59. The summed E-state index contributed by atoms with van der Waals surface area (Å²) in [5, 5.41) is 2.76. The normalized spacial score (nSPS) is 10.0. The van der Waals surface area contributed by atoms with Crippen molar-refractivity contribution in [1.29, 1.82) is 0 Å². The third-order valence-electron chi connectivity index (χ3n) is 1.87. The van der Waals surface area contributed by atoms with Crippen molar-refractivity contribution in [3.05, 3.63) is 29.8 Å². The van der Waals surface area contributed by atoms with Gasteiger partial charge in [0.05, 0.1) is 6.61 Å². The molecule has 1 rings (SSSR count). The first-order chi connectivity index (χ1) is 7.24. The Bertz CT molecular complexity index is 311. The summed E-state index contributed by atoms with van der Waals surface area (Å²) in [7, 11) is 0. The van der Waals surface area contributed by atoms with Gasteiger partial charge in [-0.05, 0) is 31.2 Å². The fraction of sp³-hybridized carbons (Fsp3) is 0.364. The monoisotopic (exact) mass is 225 g/mol. The van der Waals surface area contributed by atoms with Crippen LogP contribution in [0.5, 0.6) is 0 Å². The lowest BCUT2D eigenvalue weighted by Crippen LogP contribution is -2.27. The van der Waals surface area contributed by atoms with Crippen LogP contribution in [-0.4, -0.2) is 25.7 Å². The summed E-state index contributed by atoms with van der Waals surface area (Å²) in [6.07, 6.45) is 0. The molecule has 0 bridgehead atoms. The highest BCUT2D eigenvalue weighted by atomic mass is 32.1.